The third kappa shape index (κ3) is 3.46. The number of amides is 2. The number of carbonyl (C=O) groups excluding carboxylic acids is 1. The van der Waals surface area contributed by atoms with Crippen molar-refractivity contribution in [1.82, 2.24) is 5.32 Å². The van der Waals surface area contributed by atoms with E-state index in [4.69, 9.17) is 27.9 Å². The topological polar surface area (TPSA) is 50.4 Å². The summed E-state index contributed by atoms with van der Waals surface area (Å²) in [5, 5.41) is 6.89. The second-order valence-corrected chi connectivity index (χ2v) is 5.85. The number of urea groups is 1. The molecule has 2 N–H and O–H groups in total. The number of halogens is 2. The number of hydrogen-bond donors (Lipinski definition) is 2. The van der Waals surface area contributed by atoms with E-state index in [1.807, 2.05) is 12.1 Å². The number of carbonyl (C=O) groups is 1. The predicted molar refractivity (Wildman–Crippen MR) is 87.9 cm³/mol. The molecule has 3 rings (SSSR count). The molecule has 1 aliphatic rings. The fourth-order valence-corrected chi connectivity index (χ4v) is 2.78. The molecule has 0 spiro atoms. The molecular weight excluding hydrogens is 323 g/mol. The maximum absolute atomic E-state index is 12.1. The number of nitrogens with one attached hydrogen (secondary N) is 2. The van der Waals surface area contributed by atoms with Crippen LogP contribution in [0.1, 0.15) is 18.0 Å². The van der Waals surface area contributed by atoms with Gasteiger partial charge in [-0.2, -0.15) is 0 Å². The van der Waals surface area contributed by atoms with Crippen molar-refractivity contribution in [1.29, 1.82) is 0 Å². The number of benzene rings is 2. The highest BCUT2D eigenvalue weighted by Gasteiger charge is 2.23. The van der Waals surface area contributed by atoms with Gasteiger partial charge in [-0.15, -0.1) is 0 Å². The van der Waals surface area contributed by atoms with Crippen LogP contribution >= 0.6 is 23.2 Å². The van der Waals surface area contributed by atoms with Crippen LogP contribution < -0.4 is 15.4 Å². The maximum atomic E-state index is 12.1. The Hall–Kier alpha value is -1.91. The van der Waals surface area contributed by atoms with Crippen molar-refractivity contribution in [3.05, 3.63) is 58.1 Å². The zero-order valence-electron chi connectivity index (χ0n) is 11.6. The Kier molecular flexibility index (Phi) is 4.41. The van der Waals surface area contributed by atoms with E-state index in [-0.39, 0.29) is 12.1 Å². The molecule has 0 aliphatic carbocycles. The third-order valence-corrected chi connectivity index (χ3v) is 3.87. The second kappa shape index (κ2) is 6.46. The van der Waals surface area contributed by atoms with E-state index in [0.717, 1.165) is 11.3 Å². The Labute approximate surface area is 138 Å². The quantitative estimate of drug-likeness (QED) is 0.839. The molecule has 1 heterocycles. The standard InChI is InChI=1S/C16H14Cl2N2O2/c17-10-2-1-3-12(8-10)19-16(21)20-14-6-7-22-15-5-4-11(18)9-13(14)15/h1-5,8-9,14H,6-7H2,(H2,19,20,21). The molecule has 0 radical (unpaired) electrons. The molecule has 0 fully saturated rings. The summed E-state index contributed by atoms with van der Waals surface area (Å²) in [5.74, 6) is 0.753. The van der Waals surface area contributed by atoms with E-state index in [9.17, 15) is 4.79 Å². The van der Waals surface area contributed by atoms with Crippen molar-refractivity contribution in [3.63, 3.8) is 0 Å². The lowest BCUT2D eigenvalue weighted by Crippen LogP contribution is -2.35. The minimum absolute atomic E-state index is 0.137. The first-order chi connectivity index (χ1) is 10.6. The number of ether oxygens (including phenoxy) is 1. The number of hydrogen-bond acceptors (Lipinski definition) is 2. The molecule has 2 aromatic carbocycles. The maximum Gasteiger partial charge on any atom is 0.319 e. The zero-order chi connectivity index (χ0) is 15.5. The minimum atomic E-state index is -0.292. The number of rotatable bonds is 2. The summed E-state index contributed by atoms with van der Waals surface area (Å²) < 4.78 is 5.58. The van der Waals surface area contributed by atoms with Crippen molar-refractivity contribution in [2.75, 3.05) is 11.9 Å². The van der Waals surface area contributed by atoms with Crippen LogP contribution in [0.25, 0.3) is 0 Å². The molecule has 22 heavy (non-hydrogen) atoms. The Bertz CT molecular complexity index is 706. The van der Waals surface area contributed by atoms with Crippen LogP contribution in [0.5, 0.6) is 5.75 Å². The Morgan fingerprint density at radius 2 is 1.95 bits per heavy atom. The van der Waals surface area contributed by atoms with Crippen LogP contribution in [0.3, 0.4) is 0 Å². The lowest BCUT2D eigenvalue weighted by atomic mass is 10.0. The summed E-state index contributed by atoms with van der Waals surface area (Å²) in [4.78, 5) is 12.1. The average molecular weight is 337 g/mol. The van der Waals surface area contributed by atoms with Crippen LogP contribution in [0.2, 0.25) is 10.0 Å². The minimum Gasteiger partial charge on any atom is -0.493 e. The molecule has 4 nitrogen and oxygen atoms in total. The van der Waals surface area contributed by atoms with E-state index in [2.05, 4.69) is 10.6 Å². The van der Waals surface area contributed by atoms with E-state index < -0.39 is 0 Å². The lowest BCUT2D eigenvalue weighted by Gasteiger charge is -2.27. The normalized spacial score (nSPS) is 16.4. The molecule has 0 saturated heterocycles. The SMILES string of the molecule is O=C(Nc1cccc(Cl)c1)NC1CCOc2ccc(Cl)cc21. The molecule has 114 valence electrons. The zero-order valence-corrected chi connectivity index (χ0v) is 13.1. The van der Waals surface area contributed by atoms with Gasteiger partial charge in [-0.3, -0.25) is 0 Å². The van der Waals surface area contributed by atoms with Crippen molar-refractivity contribution < 1.29 is 9.53 Å². The molecule has 2 aromatic rings. The van der Waals surface area contributed by atoms with Crippen LogP contribution in [0.4, 0.5) is 10.5 Å². The van der Waals surface area contributed by atoms with Gasteiger partial charge in [-0.05, 0) is 36.4 Å². The van der Waals surface area contributed by atoms with Gasteiger partial charge in [0, 0.05) is 27.7 Å². The van der Waals surface area contributed by atoms with E-state index in [1.165, 1.54) is 0 Å². The molecule has 6 heteroatoms. The summed E-state index contributed by atoms with van der Waals surface area (Å²) in [5.41, 5.74) is 1.53. The Balaban J connectivity index is 1.71. The van der Waals surface area contributed by atoms with Gasteiger partial charge in [0.05, 0.1) is 12.6 Å². The highest BCUT2D eigenvalue weighted by molar-refractivity contribution is 6.31. The molecule has 1 aliphatic heterocycles. The molecule has 0 bridgehead atoms. The lowest BCUT2D eigenvalue weighted by molar-refractivity contribution is 0.232. The number of anilines is 1. The fraction of sp³-hybridized carbons (Fsp3) is 0.188. The first-order valence-corrected chi connectivity index (χ1v) is 7.63. The summed E-state index contributed by atoms with van der Waals surface area (Å²) in [7, 11) is 0. The number of fused-ring (bicyclic) bond motifs is 1. The van der Waals surface area contributed by atoms with Gasteiger partial charge in [-0.25, -0.2) is 4.79 Å². The highest BCUT2D eigenvalue weighted by atomic mass is 35.5. The fourth-order valence-electron chi connectivity index (χ4n) is 2.41. The molecule has 2 amide bonds. The second-order valence-electron chi connectivity index (χ2n) is 4.98. The predicted octanol–water partition coefficient (Wildman–Crippen LogP) is 4.64. The van der Waals surface area contributed by atoms with Gasteiger partial charge in [0.1, 0.15) is 5.75 Å². The van der Waals surface area contributed by atoms with Crippen molar-refractivity contribution in [2.45, 2.75) is 12.5 Å². The third-order valence-electron chi connectivity index (χ3n) is 3.40. The largest absolute Gasteiger partial charge is 0.493 e. The Morgan fingerprint density at radius 1 is 1.14 bits per heavy atom. The molecule has 1 atom stereocenters. The van der Waals surface area contributed by atoms with Crippen LogP contribution in [0, 0.1) is 0 Å². The van der Waals surface area contributed by atoms with Gasteiger partial charge in [0.2, 0.25) is 0 Å². The molecular formula is C16H14Cl2N2O2. The van der Waals surface area contributed by atoms with Gasteiger partial charge >= 0.3 is 6.03 Å². The van der Waals surface area contributed by atoms with Crippen molar-refractivity contribution >= 4 is 34.9 Å². The first kappa shape index (κ1) is 15.0. The van der Waals surface area contributed by atoms with Crippen LogP contribution in [-0.2, 0) is 0 Å². The van der Waals surface area contributed by atoms with Gasteiger partial charge in [0.25, 0.3) is 0 Å². The summed E-state index contributed by atoms with van der Waals surface area (Å²) in [6.45, 7) is 0.552. The van der Waals surface area contributed by atoms with E-state index in [1.54, 1.807) is 30.3 Å². The average Bonchev–Trinajstić information content (AvgIpc) is 2.48. The molecule has 1 unspecified atom stereocenters. The van der Waals surface area contributed by atoms with E-state index in [0.29, 0.717) is 28.8 Å². The van der Waals surface area contributed by atoms with Crippen LogP contribution in [0.15, 0.2) is 42.5 Å². The van der Waals surface area contributed by atoms with Crippen LogP contribution in [-0.4, -0.2) is 12.6 Å². The Morgan fingerprint density at radius 3 is 2.77 bits per heavy atom. The van der Waals surface area contributed by atoms with Crippen molar-refractivity contribution in [2.24, 2.45) is 0 Å². The summed E-state index contributed by atoms with van der Waals surface area (Å²) in [6.07, 6.45) is 0.691. The summed E-state index contributed by atoms with van der Waals surface area (Å²) >= 11 is 11.9. The van der Waals surface area contributed by atoms with Gasteiger partial charge < -0.3 is 15.4 Å². The molecule has 0 aromatic heterocycles. The molecule has 0 saturated carbocycles. The smallest absolute Gasteiger partial charge is 0.319 e. The first-order valence-electron chi connectivity index (χ1n) is 6.87. The van der Waals surface area contributed by atoms with Gasteiger partial charge in [-0.1, -0.05) is 29.3 Å². The van der Waals surface area contributed by atoms with E-state index >= 15 is 0 Å². The van der Waals surface area contributed by atoms with Gasteiger partial charge in [0.15, 0.2) is 0 Å². The highest BCUT2D eigenvalue weighted by Crippen LogP contribution is 2.34. The monoisotopic (exact) mass is 336 g/mol. The van der Waals surface area contributed by atoms with Crippen molar-refractivity contribution in [3.8, 4) is 5.75 Å². The summed E-state index contributed by atoms with van der Waals surface area (Å²) in [6, 6.07) is 12.0.